The molecule has 31 heavy (non-hydrogen) atoms. The topological polar surface area (TPSA) is 96.1 Å². The molecular formula is C23H19FN4O3. The maximum Gasteiger partial charge on any atom is 0.272 e. The van der Waals surface area contributed by atoms with Crippen molar-refractivity contribution in [1.29, 1.82) is 0 Å². The van der Waals surface area contributed by atoms with Gasteiger partial charge in [-0.3, -0.25) is 14.6 Å². The van der Waals surface area contributed by atoms with Gasteiger partial charge in [0.2, 0.25) is 0 Å². The minimum atomic E-state index is -0.397. The molecule has 0 aliphatic rings. The van der Waals surface area contributed by atoms with Crippen molar-refractivity contribution in [1.82, 2.24) is 15.3 Å². The van der Waals surface area contributed by atoms with Crippen molar-refractivity contribution >= 4 is 28.4 Å². The highest BCUT2D eigenvalue weighted by Crippen LogP contribution is 2.31. The Bertz CT molecular complexity index is 1300. The van der Waals surface area contributed by atoms with Crippen LogP contribution in [0.25, 0.3) is 10.9 Å². The summed E-state index contributed by atoms with van der Waals surface area (Å²) in [6, 6.07) is 14.4. The Morgan fingerprint density at radius 2 is 1.87 bits per heavy atom. The van der Waals surface area contributed by atoms with Crippen LogP contribution in [0.15, 0.2) is 60.8 Å². The van der Waals surface area contributed by atoms with Gasteiger partial charge in [-0.25, -0.2) is 4.39 Å². The fourth-order valence-electron chi connectivity index (χ4n) is 3.08. The zero-order valence-corrected chi connectivity index (χ0v) is 16.8. The number of rotatable bonds is 5. The van der Waals surface area contributed by atoms with Crippen LogP contribution in [0.5, 0.6) is 11.5 Å². The van der Waals surface area contributed by atoms with E-state index in [0.29, 0.717) is 22.7 Å². The molecule has 0 spiro atoms. The molecule has 0 radical (unpaired) electrons. The fraction of sp³-hybridized carbons (Fsp3) is 0.0870. The van der Waals surface area contributed by atoms with Crippen LogP contribution in [-0.2, 0) is 0 Å². The first-order valence-electron chi connectivity index (χ1n) is 9.49. The van der Waals surface area contributed by atoms with Crippen LogP contribution in [0.1, 0.15) is 26.5 Å². The third-order valence-corrected chi connectivity index (χ3v) is 4.63. The van der Waals surface area contributed by atoms with Crippen molar-refractivity contribution in [2.45, 2.75) is 6.92 Å². The number of benzene rings is 2. The number of pyridine rings is 1. The van der Waals surface area contributed by atoms with Crippen LogP contribution < -0.4 is 15.4 Å². The molecule has 4 rings (SSSR count). The summed E-state index contributed by atoms with van der Waals surface area (Å²) < 4.78 is 19.4. The van der Waals surface area contributed by atoms with E-state index in [4.69, 9.17) is 4.74 Å². The molecule has 2 amide bonds. The van der Waals surface area contributed by atoms with E-state index in [0.717, 1.165) is 10.9 Å². The van der Waals surface area contributed by atoms with Gasteiger partial charge < -0.3 is 20.4 Å². The number of amides is 2. The second-order valence-electron chi connectivity index (χ2n) is 6.93. The highest BCUT2D eigenvalue weighted by atomic mass is 19.1. The summed E-state index contributed by atoms with van der Waals surface area (Å²) >= 11 is 0. The quantitative estimate of drug-likeness (QED) is 0.447. The standard InChI is InChI=1S/C23H19FN4O3/c1-13-3-6-17(21(9-13)31-16-7-8-26-19(12-16)22(29)25-2)28-23(30)20-10-14-4-5-15(24)11-18(14)27-20/h3-12,27H,1-2H3,(H,25,29)(H,28,30). The molecule has 0 fully saturated rings. The molecule has 0 aliphatic carbocycles. The van der Waals surface area contributed by atoms with E-state index in [-0.39, 0.29) is 23.1 Å². The number of aromatic amines is 1. The summed E-state index contributed by atoms with van der Waals surface area (Å²) in [6.45, 7) is 1.90. The van der Waals surface area contributed by atoms with E-state index >= 15 is 0 Å². The summed E-state index contributed by atoms with van der Waals surface area (Å²) in [5.74, 6) is -0.311. The van der Waals surface area contributed by atoms with Crippen LogP contribution >= 0.6 is 0 Å². The summed E-state index contributed by atoms with van der Waals surface area (Å²) in [4.78, 5) is 31.5. The fourth-order valence-corrected chi connectivity index (χ4v) is 3.08. The Kier molecular flexibility index (Phi) is 5.36. The van der Waals surface area contributed by atoms with Crippen LogP contribution in [0, 0.1) is 12.7 Å². The number of nitrogens with one attached hydrogen (secondary N) is 3. The molecule has 0 saturated heterocycles. The lowest BCUT2D eigenvalue weighted by Gasteiger charge is -2.13. The van der Waals surface area contributed by atoms with Crippen LogP contribution in [0.3, 0.4) is 0 Å². The Hall–Kier alpha value is -4.20. The number of aromatic nitrogens is 2. The molecule has 3 N–H and O–H groups in total. The average molecular weight is 418 g/mol. The molecule has 2 aromatic carbocycles. The maximum absolute atomic E-state index is 13.4. The van der Waals surface area contributed by atoms with Crippen molar-refractivity contribution in [3.8, 4) is 11.5 Å². The van der Waals surface area contributed by atoms with Crippen molar-refractivity contribution < 1.29 is 18.7 Å². The van der Waals surface area contributed by atoms with E-state index in [1.54, 1.807) is 30.3 Å². The number of fused-ring (bicyclic) bond motifs is 1. The smallest absolute Gasteiger partial charge is 0.272 e. The van der Waals surface area contributed by atoms with Gasteiger partial charge in [-0.1, -0.05) is 6.07 Å². The van der Waals surface area contributed by atoms with E-state index in [1.807, 2.05) is 13.0 Å². The molecule has 0 unspecified atom stereocenters. The molecule has 8 heteroatoms. The molecule has 0 bridgehead atoms. The molecule has 4 aromatic rings. The van der Waals surface area contributed by atoms with Crippen LogP contribution in [-0.4, -0.2) is 28.8 Å². The Labute approximate surface area is 177 Å². The first kappa shape index (κ1) is 20.1. The summed E-state index contributed by atoms with van der Waals surface area (Å²) in [6.07, 6.45) is 1.47. The predicted molar refractivity (Wildman–Crippen MR) is 115 cm³/mol. The third-order valence-electron chi connectivity index (χ3n) is 4.63. The van der Waals surface area contributed by atoms with Crippen molar-refractivity contribution in [2.75, 3.05) is 12.4 Å². The molecule has 0 aliphatic heterocycles. The number of carbonyl (C=O) groups excluding carboxylic acids is 2. The lowest BCUT2D eigenvalue weighted by atomic mass is 10.2. The van der Waals surface area contributed by atoms with E-state index < -0.39 is 5.91 Å². The Morgan fingerprint density at radius 1 is 1.03 bits per heavy atom. The van der Waals surface area contributed by atoms with Crippen LogP contribution in [0.4, 0.5) is 10.1 Å². The summed E-state index contributed by atoms with van der Waals surface area (Å²) in [5.41, 5.74) is 2.40. The van der Waals surface area contributed by atoms with Crippen LogP contribution in [0.2, 0.25) is 0 Å². The number of nitrogens with zero attached hydrogens (tertiary/aromatic N) is 1. The van der Waals surface area contributed by atoms with Gasteiger partial charge in [-0.2, -0.15) is 0 Å². The number of aryl methyl sites for hydroxylation is 1. The molecular weight excluding hydrogens is 399 g/mol. The van der Waals surface area contributed by atoms with Gasteiger partial charge in [0.1, 0.15) is 23.0 Å². The molecule has 156 valence electrons. The highest BCUT2D eigenvalue weighted by molar-refractivity contribution is 6.06. The SMILES string of the molecule is CNC(=O)c1cc(Oc2cc(C)ccc2NC(=O)c2cc3ccc(F)cc3[nH]2)ccn1. The Balaban J connectivity index is 1.60. The van der Waals surface area contributed by atoms with Crippen molar-refractivity contribution in [3.05, 3.63) is 83.6 Å². The lowest BCUT2D eigenvalue weighted by Crippen LogP contribution is -2.19. The largest absolute Gasteiger partial charge is 0.455 e. The number of carbonyl (C=O) groups is 2. The number of H-pyrrole nitrogens is 1. The van der Waals surface area contributed by atoms with Gasteiger partial charge in [0.15, 0.2) is 5.75 Å². The monoisotopic (exact) mass is 418 g/mol. The lowest BCUT2D eigenvalue weighted by molar-refractivity contribution is 0.0957. The Morgan fingerprint density at radius 3 is 2.68 bits per heavy atom. The van der Waals surface area contributed by atoms with Gasteiger partial charge >= 0.3 is 0 Å². The zero-order chi connectivity index (χ0) is 22.0. The van der Waals surface area contributed by atoms with E-state index in [9.17, 15) is 14.0 Å². The minimum absolute atomic E-state index is 0.212. The molecule has 2 heterocycles. The first-order valence-corrected chi connectivity index (χ1v) is 9.49. The third kappa shape index (κ3) is 4.37. The van der Waals surface area contributed by atoms with Gasteiger partial charge in [0.05, 0.1) is 5.69 Å². The van der Waals surface area contributed by atoms with E-state index in [1.165, 1.54) is 31.4 Å². The van der Waals surface area contributed by atoms with Gasteiger partial charge in [0.25, 0.3) is 11.8 Å². The first-order chi connectivity index (χ1) is 14.9. The maximum atomic E-state index is 13.4. The second kappa shape index (κ2) is 8.27. The molecule has 7 nitrogen and oxygen atoms in total. The number of hydrogen-bond donors (Lipinski definition) is 3. The number of halogens is 1. The predicted octanol–water partition coefficient (Wildman–Crippen LogP) is 4.41. The second-order valence-corrected chi connectivity index (χ2v) is 6.93. The average Bonchev–Trinajstić information content (AvgIpc) is 3.18. The van der Waals surface area contributed by atoms with Gasteiger partial charge in [0, 0.05) is 30.2 Å². The zero-order valence-electron chi connectivity index (χ0n) is 16.8. The van der Waals surface area contributed by atoms with Crippen molar-refractivity contribution in [2.24, 2.45) is 0 Å². The van der Waals surface area contributed by atoms with Crippen molar-refractivity contribution in [3.63, 3.8) is 0 Å². The highest BCUT2D eigenvalue weighted by Gasteiger charge is 2.15. The minimum Gasteiger partial charge on any atom is -0.455 e. The van der Waals surface area contributed by atoms with Gasteiger partial charge in [-0.15, -0.1) is 0 Å². The van der Waals surface area contributed by atoms with Gasteiger partial charge in [-0.05, 0) is 55.0 Å². The molecule has 2 aromatic heterocycles. The molecule has 0 saturated carbocycles. The molecule has 0 atom stereocenters. The number of ether oxygens (including phenoxy) is 1. The summed E-state index contributed by atoms with van der Waals surface area (Å²) in [7, 11) is 1.52. The van der Waals surface area contributed by atoms with E-state index in [2.05, 4.69) is 20.6 Å². The summed E-state index contributed by atoms with van der Waals surface area (Å²) in [5, 5.41) is 6.05. The number of hydrogen-bond acceptors (Lipinski definition) is 4. The normalized spacial score (nSPS) is 10.7. The number of anilines is 1.